The second kappa shape index (κ2) is 5.51. The van der Waals surface area contributed by atoms with Gasteiger partial charge in [-0.3, -0.25) is 4.79 Å². The van der Waals surface area contributed by atoms with Gasteiger partial charge < -0.3 is 15.0 Å². The Morgan fingerprint density at radius 2 is 2.06 bits per heavy atom. The Bertz CT molecular complexity index is 463. The smallest absolute Gasteiger partial charge is 0.408 e. The van der Waals surface area contributed by atoms with Gasteiger partial charge in [0.05, 0.1) is 6.54 Å². The molecule has 0 radical (unpaired) electrons. The lowest BCUT2D eigenvalue weighted by molar-refractivity contribution is 0.0520. The summed E-state index contributed by atoms with van der Waals surface area (Å²) >= 11 is 3.19. The predicted octanol–water partition coefficient (Wildman–Crippen LogP) is 2.19. The van der Waals surface area contributed by atoms with Crippen molar-refractivity contribution in [1.82, 2.24) is 15.3 Å². The molecule has 2 N–H and O–H groups in total. The molecule has 0 fully saturated rings. The molecular weight excluding hydrogens is 302 g/mol. The zero-order valence-electron chi connectivity index (χ0n) is 10.8. The van der Waals surface area contributed by atoms with Gasteiger partial charge in [-0.25, -0.2) is 9.78 Å². The van der Waals surface area contributed by atoms with Crippen LogP contribution in [0.15, 0.2) is 4.60 Å². The van der Waals surface area contributed by atoms with Crippen molar-refractivity contribution in [2.45, 2.75) is 33.3 Å². The molecule has 1 aromatic rings. The molecule has 1 heterocycles. The van der Waals surface area contributed by atoms with Crippen molar-refractivity contribution < 1.29 is 14.3 Å². The number of Topliss-reactive ketones (excluding diaryl/α,β-unsaturated/α-hetero) is 1. The van der Waals surface area contributed by atoms with E-state index in [2.05, 4.69) is 31.2 Å². The first kappa shape index (κ1) is 14.7. The van der Waals surface area contributed by atoms with Gasteiger partial charge in [-0.2, -0.15) is 0 Å². The fourth-order valence-corrected chi connectivity index (χ4v) is 1.79. The van der Waals surface area contributed by atoms with Crippen LogP contribution in [0.4, 0.5) is 4.79 Å². The maximum Gasteiger partial charge on any atom is 0.408 e. The van der Waals surface area contributed by atoms with Crippen LogP contribution in [-0.2, 0) is 4.74 Å². The van der Waals surface area contributed by atoms with Gasteiger partial charge in [-0.05, 0) is 43.6 Å². The van der Waals surface area contributed by atoms with Crippen LogP contribution in [0.2, 0.25) is 0 Å². The number of aromatic nitrogens is 2. The summed E-state index contributed by atoms with van der Waals surface area (Å²) in [7, 11) is 0. The number of nitrogens with one attached hydrogen (secondary N) is 2. The molecule has 6 nitrogen and oxygen atoms in total. The van der Waals surface area contributed by atoms with Crippen molar-refractivity contribution in [2.24, 2.45) is 0 Å². The number of hydrogen-bond donors (Lipinski definition) is 2. The quantitative estimate of drug-likeness (QED) is 0.837. The number of ether oxygens (including phenoxy) is 1. The van der Waals surface area contributed by atoms with E-state index >= 15 is 0 Å². The average molecular weight is 318 g/mol. The van der Waals surface area contributed by atoms with E-state index < -0.39 is 11.7 Å². The predicted molar refractivity (Wildman–Crippen MR) is 69.6 cm³/mol. The lowest BCUT2D eigenvalue weighted by Crippen LogP contribution is -2.35. The number of amides is 1. The minimum atomic E-state index is -0.626. The third kappa shape index (κ3) is 4.48. The summed E-state index contributed by atoms with van der Waals surface area (Å²) < 4.78 is 5.53. The number of alkyl carbamates (subject to hydrolysis) is 1. The number of halogens is 1. The molecule has 0 aliphatic heterocycles. The van der Waals surface area contributed by atoms with Crippen molar-refractivity contribution in [1.29, 1.82) is 0 Å². The topological polar surface area (TPSA) is 84.1 Å². The van der Waals surface area contributed by atoms with Crippen molar-refractivity contribution in [3.8, 4) is 0 Å². The fraction of sp³-hybridized carbons (Fsp3) is 0.545. The lowest BCUT2D eigenvalue weighted by atomic mass is 10.2. The first-order chi connectivity index (χ1) is 8.19. The second-order valence-corrected chi connectivity index (χ2v) is 5.56. The first-order valence-corrected chi connectivity index (χ1v) is 6.20. The summed E-state index contributed by atoms with van der Waals surface area (Å²) in [4.78, 5) is 30.0. The summed E-state index contributed by atoms with van der Waals surface area (Å²) in [6, 6.07) is 0. The molecule has 0 saturated heterocycles. The molecule has 1 amide bonds. The van der Waals surface area contributed by atoms with Crippen molar-refractivity contribution in [2.75, 3.05) is 6.54 Å². The van der Waals surface area contributed by atoms with Crippen molar-refractivity contribution in [3.05, 3.63) is 16.1 Å². The highest BCUT2D eigenvalue weighted by molar-refractivity contribution is 9.10. The van der Waals surface area contributed by atoms with Crippen LogP contribution in [0.5, 0.6) is 0 Å². The van der Waals surface area contributed by atoms with Gasteiger partial charge in [0.1, 0.15) is 21.7 Å². The molecule has 0 atom stereocenters. The van der Waals surface area contributed by atoms with Crippen LogP contribution in [0, 0.1) is 6.92 Å². The molecule has 0 aromatic carbocycles. The number of hydrogen-bond acceptors (Lipinski definition) is 4. The average Bonchev–Trinajstić information content (AvgIpc) is 2.52. The number of H-pyrrole nitrogens is 1. The number of nitrogens with zero attached hydrogens (tertiary/aromatic N) is 1. The molecule has 100 valence electrons. The van der Waals surface area contributed by atoms with Crippen LogP contribution >= 0.6 is 15.9 Å². The second-order valence-electron chi connectivity index (χ2n) is 4.76. The number of ketones is 1. The van der Waals surface area contributed by atoms with E-state index in [-0.39, 0.29) is 18.0 Å². The Balaban J connectivity index is 2.52. The molecule has 0 saturated carbocycles. The van der Waals surface area contributed by atoms with Gasteiger partial charge in [-0.15, -0.1) is 0 Å². The van der Waals surface area contributed by atoms with E-state index in [1.807, 2.05) is 0 Å². The molecule has 7 heteroatoms. The van der Waals surface area contributed by atoms with E-state index in [4.69, 9.17) is 4.74 Å². The molecule has 1 aromatic heterocycles. The van der Waals surface area contributed by atoms with E-state index in [9.17, 15) is 9.59 Å². The Morgan fingerprint density at radius 3 is 2.50 bits per heavy atom. The van der Waals surface area contributed by atoms with Crippen LogP contribution in [0.3, 0.4) is 0 Å². The normalized spacial score (nSPS) is 11.2. The maximum atomic E-state index is 11.8. The third-order valence-electron chi connectivity index (χ3n) is 1.83. The monoisotopic (exact) mass is 317 g/mol. The van der Waals surface area contributed by atoms with Gasteiger partial charge in [0.25, 0.3) is 0 Å². The van der Waals surface area contributed by atoms with Gasteiger partial charge in [-0.1, -0.05) is 0 Å². The van der Waals surface area contributed by atoms with E-state index in [1.165, 1.54) is 0 Å². The summed E-state index contributed by atoms with van der Waals surface area (Å²) in [6.45, 7) is 6.84. The van der Waals surface area contributed by atoms with E-state index in [0.29, 0.717) is 10.4 Å². The van der Waals surface area contributed by atoms with E-state index in [1.54, 1.807) is 27.7 Å². The van der Waals surface area contributed by atoms with Crippen LogP contribution in [0.25, 0.3) is 0 Å². The molecule has 0 aliphatic rings. The summed E-state index contributed by atoms with van der Waals surface area (Å²) in [5, 5.41) is 2.39. The molecule has 18 heavy (non-hydrogen) atoms. The Hall–Kier alpha value is -1.37. The molecule has 1 rings (SSSR count). The van der Waals surface area contributed by atoms with Crippen LogP contribution < -0.4 is 5.32 Å². The molecule has 0 unspecified atom stereocenters. The van der Waals surface area contributed by atoms with Gasteiger partial charge in [0.2, 0.25) is 5.78 Å². The van der Waals surface area contributed by atoms with Crippen LogP contribution in [0.1, 0.15) is 37.1 Å². The summed E-state index contributed by atoms with van der Waals surface area (Å²) in [5.74, 6) is 0.333. The molecular formula is C11H16BrN3O3. The third-order valence-corrected chi connectivity index (χ3v) is 2.41. The minimum absolute atomic E-state index is 0.155. The Kier molecular flexibility index (Phi) is 4.50. The highest BCUT2D eigenvalue weighted by atomic mass is 79.9. The maximum absolute atomic E-state index is 11.8. The van der Waals surface area contributed by atoms with Gasteiger partial charge >= 0.3 is 6.09 Å². The number of imidazole rings is 1. The summed E-state index contributed by atoms with van der Waals surface area (Å²) in [6.07, 6.45) is -0.626. The fourth-order valence-electron chi connectivity index (χ4n) is 1.20. The minimum Gasteiger partial charge on any atom is -0.444 e. The van der Waals surface area contributed by atoms with Gasteiger partial charge in [0.15, 0.2) is 0 Å². The largest absolute Gasteiger partial charge is 0.444 e. The number of rotatable bonds is 3. The van der Waals surface area contributed by atoms with Gasteiger partial charge in [0, 0.05) is 0 Å². The SMILES string of the molecule is Cc1nc(C(=O)CNC(=O)OC(C)(C)C)c(Br)[nH]1. The number of carbonyl (C=O) groups is 2. The van der Waals surface area contributed by atoms with Crippen LogP contribution in [-0.4, -0.2) is 34.0 Å². The van der Waals surface area contributed by atoms with Crippen molar-refractivity contribution >= 4 is 27.8 Å². The lowest BCUT2D eigenvalue weighted by Gasteiger charge is -2.19. The zero-order chi connectivity index (χ0) is 13.9. The standard InChI is InChI=1S/C11H16BrN3O3/c1-6-14-8(9(12)15-6)7(16)5-13-10(17)18-11(2,3)4/h5H2,1-4H3,(H,13,17)(H,14,15). The number of carbonyl (C=O) groups excluding carboxylic acids is 2. The highest BCUT2D eigenvalue weighted by Gasteiger charge is 2.19. The molecule has 0 bridgehead atoms. The molecule has 0 spiro atoms. The van der Waals surface area contributed by atoms with E-state index in [0.717, 1.165) is 0 Å². The number of aromatic amines is 1. The number of aryl methyl sites for hydroxylation is 1. The Labute approximate surface area is 114 Å². The summed E-state index contributed by atoms with van der Waals surface area (Å²) in [5.41, 5.74) is -0.319. The highest BCUT2D eigenvalue weighted by Crippen LogP contribution is 2.13. The van der Waals surface area contributed by atoms with Crippen molar-refractivity contribution in [3.63, 3.8) is 0 Å². The molecule has 0 aliphatic carbocycles. The zero-order valence-corrected chi connectivity index (χ0v) is 12.3. The Morgan fingerprint density at radius 1 is 1.44 bits per heavy atom. The first-order valence-electron chi connectivity index (χ1n) is 5.41.